The van der Waals surface area contributed by atoms with Crippen molar-refractivity contribution >= 4 is 16.9 Å². The summed E-state index contributed by atoms with van der Waals surface area (Å²) in [5.74, 6) is -2.56. The molecule has 0 spiro atoms. The number of carbonyl (C=O) groups excluding carboxylic acids is 1. The zero-order chi connectivity index (χ0) is 22.5. The monoisotopic (exact) mass is 430 g/mol. The molecular weight excluding hydrogens is 405 g/mol. The first-order valence-electron chi connectivity index (χ1n) is 10.2. The van der Waals surface area contributed by atoms with Gasteiger partial charge in [-0.2, -0.15) is 0 Å². The minimum atomic E-state index is -1.57. The molecule has 164 valence electrons. The van der Waals surface area contributed by atoms with Gasteiger partial charge in [-0.05, 0) is 51.0 Å². The summed E-state index contributed by atoms with van der Waals surface area (Å²) in [4.78, 5) is 16.9. The molecule has 4 rings (SSSR count). The van der Waals surface area contributed by atoms with Gasteiger partial charge in [0.25, 0.3) is 0 Å². The molecule has 2 atom stereocenters. The maximum Gasteiger partial charge on any atom is 0.338 e. The third-order valence-electron chi connectivity index (χ3n) is 5.85. The van der Waals surface area contributed by atoms with Crippen LogP contribution in [0.25, 0.3) is 10.9 Å². The number of para-hydroxylation sites is 1. The zero-order valence-corrected chi connectivity index (χ0v) is 17.9. The molecule has 0 saturated heterocycles. The number of benzene rings is 2. The van der Waals surface area contributed by atoms with Gasteiger partial charge in [-0.3, -0.25) is 4.90 Å². The topological polar surface area (TPSA) is 45.3 Å². The standard InChI is InChI=1S/C24H25F3N2O2/c1-13-9-16-15-7-5-6-8-19(15)28-21(16)22(29(13)12-24(2,3)27)20-17(25)10-14(11-18(20)26)23(30)31-4/h5-8,10-11,13,22,28H,9,12H2,1-4H3/t13-,22-/m1/s1. The lowest BCUT2D eigenvalue weighted by Crippen LogP contribution is -2.48. The first-order chi connectivity index (χ1) is 14.6. The molecule has 0 unspecified atom stereocenters. The van der Waals surface area contributed by atoms with Crippen molar-refractivity contribution in [3.05, 3.63) is 70.4 Å². The highest BCUT2D eigenvalue weighted by Gasteiger charge is 2.41. The van der Waals surface area contributed by atoms with Crippen molar-refractivity contribution in [1.82, 2.24) is 9.88 Å². The van der Waals surface area contributed by atoms with E-state index < -0.39 is 29.3 Å². The van der Waals surface area contributed by atoms with Crippen LogP contribution in [0.15, 0.2) is 36.4 Å². The van der Waals surface area contributed by atoms with Crippen molar-refractivity contribution in [1.29, 1.82) is 0 Å². The fraction of sp³-hybridized carbons (Fsp3) is 0.375. The smallest absolute Gasteiger partial charge is 0.338 e. The molecule has 3 aromatic rings. The van der Waals surface area contributed by atoms with Gasteiger partial charge in [0.1, 0.15) is 17.3 Å². The Hall–Kier alpha value is -2.80. The van der Waals surface area contributed by atoms with E-state index in [-0.39, 0.29) is 23.7 Å². The van der Waals surface area contributed by atoms with E-state index in [1.807, 2.05) is 31.2 Å². The molecule has 31 heavy (non-hydrogen) atoms. The fourth-order valence-electron chi connectivity index (χ4n) is 4.58. The molecule has 1 N–H and O–H groups in total. The highest BCUT2D eigenvalue weighted by Crippen LogP contribution is 2.43. The number of fused-ring (bicyclic) bond motifs is 3. The number of nitrogens with zero attached hydrogens (tertiary/aromatic N) is 1. The van der Waals surface area contributed by atoms with Gasteiger partial charge in [-0.15, -0.1) is 0 Å². The number of ether oxygens (including phenoxy) is 1. The molecule has 1 aromatic heterocycles. The molecule has 1 aliphatic heterocycles. The number of halogens is 3. The Balaban J connectivity index is 1.95. The summed E-state index contributed by atoms with van der Waals surface area (Å²) in [6.45, 7) is 4.82. The molecule has 7 heteroatoms. The van der Waals surface area contributed by atoms with E-state index in [2.05, 4.69) is 9.72 Å². The molecule has 0 aliphatic carbocycles. The van der Waals surface area contributed by atoms with Crippen LogP contribution in [-0.4, -0.2) is 41.2 Å². The van der Waals surface area contributed by atoms with Gasteiger partial charge in [-0.25, -0.2) is 18.0 Å². The second-order valence-electron chi connectivity index (χ2n) is 8.75. The number of esters is 1. The summed E-state index contributed by atoms with van der Waals surface area (Å²) in [7, 11) is 1.15. The predicted molar refractivity (Wildman–Crippen MR) is 113 cm³/mol. The van der Waals surface area contributed by atoms with E-state index in [4.69, 9.17) is 0 Å². The van der Waals surface area contributed by atoms with Gasteiger partial charge < -0.3 is 9.72 Å². The van der Waals surface area contributed by atoms with Gasteiger partial charge in [-0.1, -0.05) is 18.2 Å². The number of H-pyrrole nitrogens is 1. The van der Waals surface area contributed by atoms with E-state index >= 15 is 8.78 Å². The SMILES string of the molecule is COC(=O)c1cc(F)c([C@@H]2c3[nH]c4ccccc4c3C[C@@H](C)N2CC(C)(C)F)c(F)c1. The van der Waals surface area contributed by atoms with Gasteiger partial charge in [0.05, 0.1) is 18.7 Å². The lowest BCUT2D eigenvalue weighted by atomic mass is 9.87. The fourth-order valence-corrected chi connectivity index (χ4v) is 4.58. The van der Waals surface area contributed by atoms with E-state index in [1.165, 1.54) is 13.8 Å². The molecule has 0 radical (unpaired) electrons. The van der Waals surface area contributed by atoms with E-state index in [9.17, 15) is 9.18 Å². The third-order valence-corrected chi connectivity index (χ3v) is 5.85. The van der Waals surface area contributed by atoms with Crippen LogP contribution < -0.4 is 0 Å². The second kappa shape index (κ2) is 7.71. The lowest BCUT2D eigenvalue weighted by Gasteiger charge is -2.43. The van der Waals surface area contributed by atoms with Crippen molar-refractivity contribution in [2.75, 3.05) is 13.7 Å². The molecule has 0 amide bonds. The summed E-state index contributed by atoms with van der Waals surface area (Å²) in [6, 6.07) is 8.60. The van der Waals surface area contributed by atoms with Gasteiger partial charge in [0.15, 0.2) is 0 Å². The number of aromatic amines is 1. The summed E-state index contributed by atoms with van der Waals surface area (Å²) < 4.78 is 49.9. The Kier molecular flexibility index (Phi) is 5.33. The highest BCUT2D eigenvalue weighted by molar-refractivity contribution is 5.89. The second-order valence-corrected chi connectivity index (χ2v) is 8.75. The van der Waals surface area contributed by atoms with Crippen LogP contribution in [0.1, 0.15) is 54.0 Å². The van der Waals surface area contributed by atoms with E-state index in [0.29, 0.717) is 12.1 Å². The Morgan fingerprint density at radius 3 is 2.48 bits per heavy atom. The van der Waals surface area contributed by atoms with Gasteiger partial charge in [0, 0.05) is 34.7 Å². The van der Waals surface area contributed by atoms with Crippen LogP contribution in [0.2, 0.25) is 0 Å². The average molecular weight is 430 g/mol. The molecule has 1 aliphatic rings. The highest BCUT2D eigenvalue weighted by atomic mass is 19.1. The van der Waals surface area contributed by atoms with E-state index in [0.717, 1.165) is 35.7 Å². The number of alkyl halides is 1. The number of methoxy groups -OCH3 is 1. The summed E-state index contributed by atoms with van der Waals surface area (Å²) in [6.07, 6.45) is 0.620. The van der Waals surface area contributed by atoms with Crippen LogP contribution in [0, 0.1) is 11.6 Å². The Morgan fingerprint density at radius 1 is 1.23 bits per heavy atom. The van der Waals surface area contributed by atoms with Crippen LogP contribution in [0.3, 0.4) is 0 Å². The normalized spacial score (nSPS) is 19.5. The summed E-state index contributed by atoms with van der Waals surface area (Å²) in [5.41, 5.74) is 0.479. The average Bonchev–Trinajstić information content (AvgIpc) is 3.06. The van der Waals surface area contributed by atoms with Crippen molar-refractivity contribution in [3.8, 4) is 0 Å². The zero-order valence-electron chi connectivity index (χ0n) is 17.9. The van der Waals surface area contributed by atoms with Crippen molar-refractivity contribution < 1.29 is 22.7 Å². The van der Waals surface area contributed by atoms with E-state index in [1.54, 1.807) is 4.90 Å². The first-order valence-corrected chi connectivity index (χ1v) is 10.2. The lowest BCUT2D eigenvalue weighted by molar-refractivity contribution is 0.0597. The number of aromatic nitrogens is 1. The minimum absolute atomic E-state index is 0.00866. The number of carbonyl (C=O) groups is 1. The summed E-state index contributed by atoms with van der Waals surface area (Å²) >= 11 is 0. The van der Waals surface area contributed by atoms with Gasteiger partial charge in [0.2, 0.25) is 0 Å². The Morgan fingerprint density at radius 2 is 1.87 bits per heavy atom. The molecule has 0 saturated carbocycles. The molecular formula is C24H25F3N2O2. The van der Waals surface area contributed by atoms with Crippen molar-refractivity contribution in [3.63, 3.8) is 0 Å². The quantitative estimate of drug-likeness (QED) is 0.570. The number of hydrogen-bond acceptors (Lipinski definition) is 3. The summed E-state index contributed by atoms with van der Waals surface area (Å²) in [5, 5.41) is 0.987. The maximum atomic E-state index is 15.3. The van der Waals surface area contributed by atoms with Crippen LogP contribution in [0.5, 0.6) is 0 Å². The number of nitrogens with one attached hydrogen (secondary N) is 1. The molecule has 2 aromatic carbocycles. The third kappa shape index (κ3) is 3.83. The molecule has 2 heterocycles. The van der Waals surface area contributed by atoms with Crippen LogP contribution in [-0.2, 0) is 11.2 Å². The predicted octanol–water partition coefficient (Wildman–Crippen LogP) is 5.32. The Bertz CT molecular complexity index is 1130. The molecule has 0 fully saturated rings. The van der Waals surface area contributed by atoms with Gasteiger partial charge >= 0.3 is 5.97 Å². The number of rotatable bonds is 4. The maximum absolute atomic E-state index is 15.3. The Labute approximate surface area is 179 Å². The largest absolute Gasteiger partial charge is 0.465 e. The molecule has 0 bridgehead atoms. The van der Waals surface area contributed by atoms with Crippen LogP contribution >= 0.6 is 0 Å². The van der Waals surface area contributed by atoms with Crippen molar-refractivity contribution in [2.45, 2.75) is 44.9 Å². The minimum Gasteiger partial charge on any atom is -0.465 e. The molecule has 4 nitrogen and oxygen atoms in total. The number of hydrogen-bond donors (Lipinski definition) is 1. The van der Waals surface area contributed by atoms with Crippen molar-refractivity contribution in [2.24, 2.45) is 0 Å². The first kappa shape index (κ1) is 21.4. The van der Waals surface area contributed by atoms with Crippen LogP contribution in [0.4, 0.5) is 13.2 Å².